The highest BCUT2D eigenvalue weighted by Gasteiger charge is 2.38. The van der Waals surface area contributed by atoms with Crippen LogP contribution >= 0.6 is 23.7 Å². The van der Waals surface area contributed by atoms with Crippen molar-refractivity contribution in [1.29, 1.82) is 0 Å². The first-order valence-electron chi connectivity index (χ1n) is 8.16. The van der Waals surface area contributed by atoms with Gasteiger partial charge < -0.3 is 21.3 Å². The Morgan fingerprint density at radius 2 is 2.12 bits per heavy atom. The lowest BCUT2D eigenvalue weighted by Crippen LogP contribution is -2.45. The standard InChI is InChI=1S/C16H24N4O2S.ClH/c17-15(22)19-12(13-2-1-9-23-13)10-14(21)20-7-4-16(5-8-20)3-6-18-11-16;/h1-2,9,12,18H,3-8,10-11H2,(H3,17,19,22);1H. The molecule has 2 aliphatic heterocycles. The lowest BCUT2D eigenvalue weighted by atomic mass is 9.78. The fraction of sp³-hybridized carbons (Fsp3) is 0.625. The zero-order valence-corrected chi connectivity index (χ0v) is 15.3. The molecule has 134 valence electrons. The largest absolute Gasteiger partial charge is 0.352 e. The van der Waals surface area contributed by atoms with E-state index in [4.69, 9.17) is 5.73 Å². The van der Waals surface area contributed by atoms with E-state index in [0.717, 1.165) is 43.9 Å². The molecule has 24 heavy (non-hydrogen) atoms. The van der Waals surface area contributed by atoms with Gasteiger partial charge in [-0.2, -0.15) is 0 Å². The summed E-state index contributed by atoms with van der Waals surface area (Å²) >= 11 is 1.53. The molecule has 8 heteroatoms. The molecule has 1 spiro atoms. The summed E-state index contributed by atoms with van der Waals surface area (Å²) in [5.74, 6) is 0.0953. The van der Waals surface area contributed by atoms with Gasteiger partial charge in [-0.05, 0) is 42.7 Å². The van der Waals surface area contributed by atoms with Gasteiger partial charge in [-0.25, -0.2) is 4.79 Å². The van der Waals surface area contributed by atoms with Crippen molar-refractivity contribution in [3.8, 4) is 0 Å². The topological polar surface area (TPSA) is 87.5 Å². The molecule has 0 bridgehead atoms. The van der Waals surface area contributed by atoms with Crippen molar-refractivity contribution in [2.45, 2.75) is 31.7 Å². The van der Waals surface area contributed by atoms with E-state index >= 15 is 0 Å². The van der Waals surface area contributed by atoms with Crippen molar-refractivity contribution in [3.05, 3.63) is 22.4 Å². The van der Waals surface area contributed by atoms with E-state index in [1.54, 1.807) is 0 Å². The van der Waals surface area contributed by atoms with E-state index < -0.39 is 6.03 Å². The maximum Gasteiger partial charge on any atom is 0.312 e. The van der Waals surface area contributed by atoms with Gasteiger partial charge in [0.05, 0.1) is 12.5 Å². The number of hydrogen-bond donors (Lipinski definition) is 3. The van der Waals surface area contributed by atoms with Crippen LogP contribution in [-0.2, 0) is 4.79 Å². The number of rotatable bonds is 4. The highest BCUT2D eigenvalue weighted by atomic mass is 35.5. The average Bonchev–Trinajstić information content (AvgIpc) is 3.19. The van der Waals surface area contributed by atoms with Gasteiger partial charge in [-0.3, -0.25) is 4.79 Å². The number of nitrogens with one attached hydrogen (secondary N) is 2. The van der Waals surface area contributed by atoms with Gasteiger partial charge in [0.15, 0.2) is 0 Å². The average molecular weight is 373 g/mol. The molecule has 6 nitrogen and oxygen atoms in total. The van der Waals surface area contributed by atoms with Crippen LogP contribution in [-0.4, -0.2) is 43.0 Å². The van der Waals surface area contributed by atoms with Crippen molar-refractivity contribution in [3.63, 3.8) is 0 Å². The molecule has 1 aromatic heterocycles. The van der Waals surface area contributed by atoms with E-state index in [0.29, 0.717) is 5.41 Å². The highest BCUT2D eigenvalue weighted by Crippen LogP contribution is 2.37. The molecular weight excluding hydrogens is 348 g/mol. The predicted octanol–water partition coefficient (Wildman–Crippen LogP) is 1.87. The number of urea groups is 1. The number of primary amides is 1. The van der Waals surface area contributed by atoms with Crippen molar-refractivity contribution >= 4 is 35.7 Å². The number of carbonyl (C=O) groups is 2. The number of carbonyl (C=O) groups excluding carboxylic acids is 2. The summed E-state index contributed by atoms with van der Waals surface area (Å²) in [6.07, 6.45) is 3.63. The van der Waals surface area contributed by atoms with E-state index in [-0.39, 0.29) is 30.8 Å². The van der Waals surface area contributed by atoms with Crippen LogP contribution < -0.4 is 16.4 Å². The predicted molar refractivity (Wildman–Crippen MR) is 97.4 cm³/mol. The third-order valence-corrected chi connectivity index (χ3v) is 6.08. The third kappa shape index (κ3) is 4.40. The van der Waals surface area contributed by atoms with Crippen LogP contribution in [0.15, 0.2) is 17.5 Å². The first-order chi connectivity index (χ1) is 11.1. The monoisotopic (exact) mass is 372 g/mol. The molecule has 2 fully saturated rings. The summed E-state index contributed by atoms with van der Waals surface area (Å²) < 4.78 is 0. The molecule has 2 saturated heterocycles. The summed E-state index contributed by atoms with van der Waals surface area (Å²) in [7, 11) is 0. The SMILES string of the molecule is Cl.NC(=O)NC(CC(=O)N1CCC2(CCNC2)CC1)c1cccs1. The summed E-state index contributed by atoms with van der Waals surface area (Å²) in [4.78, 5) is 26.7. The summed E-state index contributed by atoms with van der Waals surface area (Å²) in [5.41, 5.74) is 5.65. The van der Waals surface area contributed by atoms with Crippen molar-refractivity contribution in [2.75, 3.05) is 26.2 Å². The van der Waals surface area contributed by atoms with Gasteiger partial charge in [0.1, 0.15) is 0 Å². The van der Waals surface area contributed by atoms with Crippen molar-refractivity contribution < 1.29 is 9.59 Å². The van der Waals surface area contributed by atoms with Crippen molar-refractivity contribution in [1.82, 2.24) is 15.5 Å². The second kappa shape index (κ2) is 8.18. The first-order valence-corrected chi connectivity index (χ1v) is 9.04. The number of amides is 3. The molecule has 3 heterocycles. The molecule has 1 aromatic rings. The Labute approximate surface area is 152 Å². The molecule has 0 saturated carbocycles. The number of nitrogens with zero attached hydrogens (tertiary/aromatic N) is 1. The Hall–Kier alpha value is -1.31. The van der Waals surface area contributed by atoms with E-state index in [9.17, 15) is 9.59 Å². The van der Waals surface area contributed by atoms with Crippen LogP contribution in [0, 0.1) is 5.41 Å². The maximum absolute atomic E-state index is 12.6. The summed E-state index contributed by atoms with van der Waals surface area (Å²) in [6, 6.07) is 2.92. The lowest BCUT2D eigenvalue weighted by molar-refractivity contribution is -0.133. The molecule has 1 unspecified atom stereocenters. The number of hydrogen-bond acceptors (Lipinski definition) is 4. The number of thiophene rings is 1. The Morgan fingerprint density at radius 1 is 1.38 bits per heavy atom. The van der Waals surface area contributed by atoms with Crippen LogP contribution in [0.4, 0.5) is 4.79 Å². The number of piperidine rings is 1. The zero-order chi connectivity index (χ0) is 16.3. The quantitative estimate of drug-likeness (QED) is 0.754. The molecule has 2 aliphatic rings. The fourth-order valence-corrected chi connectivity index (χ4v) is 4.42. The molecule has 0 aromatic carbocycles. The van der Waals surface area contributed by atoms with E-state index in [1.165, 1.54) is 17.8 Å². The molecule has 0 radical (unpaired) electrons. The lowest BCUT2D eigenvalue weighted by Gasteiger charge is -2.39. The number of likely N-dealkylation sites (tertiary alicyclic amines) is 1. The Morgan fingerprint density at radius 3 is 2.67 bits per heavy atom. The fourth-order valence-electron chi connectivity index (χ4n) is 3.64. The second-order valence-corrected chi connectivity index (χ2v) is 7.57. The molecule has 3 amide bonds. The minimum Gasteiger partial charge on any atom is -0.352 e. The first kappa shape index (κ1) is 19.0. The summed E-state index contributed by atoms with van der Waals surface area (Å²) in [6.45, 7) is 3.80. The van der Waals surface area contributed by atoms with Gasteiger partial charge in [0.25, 0.3) is 0 Å². The molecular formula is C16H25ClN4O2S. The van der Waals surface area contributed by atoms with Gasteiger partial charge in [0, 0.05) is 24.5 Å². The van der Waals surface area contributed by atoms with Gasteiger partial charge in [-0.15, -0.1) is 23.7 Å². The molecule has 3 rings (SSSR count). The summed E-state index contributed by atoms with van der Waals surface area (Å²) in [5, 5.41) is 8.07. The van der Waals surface area contributed by atoms with Crippen molar-refractivity contribution in [2.24, 2.45) is 11.1 Å². The molecule has 4 N–H and O–H groups in total. The van der Waals surface area contributed by atoms with Crippen LogP contribution in [0.2, 0.25) is 0 Å². The van der Waals surface area contributed by atoms with E-state index in [2.05, 4.69) is 10.6 Å². The van der Waals surface area contributed by atoms with Crippen LogP contribution in [0.3, 0.4) is 0 Å². The minimum absolute atomic E-state index is 0. The maximum atomic E-state index is 12.6. The third-order valence-electron chi connectivity index (χ3n) is 5.09. The minimum atomic E-state index is -0.592. The highest BCUT2D eigenvalue weighted by molar-refractivity contribution is 7.10. The number of halogens is 1. The second-order valence-electron chi connectivity index (χ2n) is 6.59. The molecule has 0 aliphatic carbocycles. The Kier molecular flexibility index (Phi) is 6.48. The van der Waals surface area contributed by atoms with Gasteiger partial charge >= 0.3 is 6.03 Å². The normalized spacial score (nSPS) is 20.4. The van der Waals surface area contributed by atoms with Gasteiger partial charge in [-0.1, -0.05) is 6.07 Å². The zero-order valence-electron chi connectivity index (χ0n) is 13.6. The molecule has 1 atom stereocenters. The van der Waals surface area contributed by atoms with Gasteiger partial charge in [0.2, 0.25) is 5.91 Å². The Balaban J connectivity index is 0.00000208. The Bertz CT molecular complexity index is 550. The van der Waals surface area contributed by atoms with E-state index in [1.807, 2.05) is 22.4 Å². The van der Waals surface area contributed by atoms with Crippen LogP contribution in [0.5, 0.6) is 0 Å². The number of nitrogens with two attached hydrogens (primary N) is 1. The van der Waals surface area contributed by atoms with Crippen LogP contribution in [0.1, 0.15) is 36.6 Å². The van der Waals surface area contributed by atoms with Crippen LogP contribution in [0.25, 0.3) is 0 Å². The smallest absolute Gasteiger partial charge is 0.312 e.